The Morgan fingerprint density at radius 1 is 0.971 bits per heavy atom. The Balaban J connectivity index is 1.73. The van der Waals surface area contributed by atoms with E-state index in [9.17, 15) is 13.2 Å². The number of carbonyl (C=O) groups is 1. The molecule has 1 N–H and O–H groups in total. The van der Waals surface area contributed by atoms with Crippen molar-refractivity contribution in [1.29, 1.82) is 0 Å². The lowest BCUT2D eigenvalue weighted by molar-refractivity contribution is -0.136. The molecular weight excluding hydrogens is 474 g/mol. The van der Waals surface area contributed by atoms with Gasteiger partial charge in [0.2, 0.25) is 0 Å². The number of aliphatic carboxylic acids is 1. The van der Waals surface area contributed by atoms with E-state index in [-0.39, 0.29) is 17.1 Å². The first-order valence-electron chi connectivity index (χ1n) is 10.9. The van der Waals surface area contributed by atoms with Crippen molar-refractivity contribution in [2.75, 3.05) is 13.2 Å². The van der Waals surface area contributed by atoms with Crippen LogP contribution in [0.25, 0.3) is 21.3 Å². The van der Waals surface area contributed by atoms with Gasteiger partial charge < -0.3 is 14.6 Å². The van der Waals surface area contributed by atoms with Crippen LogP contribution in [0.5, 0.6) is 11.5 Å². The first-order valence-corrected chi connectivity index (χ1v) is 13.2. The molecule has 0 saturated carbocycles. The van der Waals surface area contributed by atoms with Gasteiger partial charge in [0.1, 0.15) is 15.7 Å². The van der Waals surface area contributed by atoms with Crippen molar-refractivity contribution in [3.05, 3.63) is 66.4 Å². The van der Waals surface area contributed by atoms with Gasteiger partial charge >= 0.3 is 5.97 Å². The topological polar surface area (TPSA) is 94.8 Å². The Morgan fingerprint density at radius 2 is 1.65 bits per heavy atom. The number of carboxylic acids is 1. The van der Waals surface area contributed by atoms with E-state index < -0.39 is 16.0 Å². The molecule has 2 aromatic carbocycles. The van der Waals surface area contributed by atoms with E-state index in [4.69, 9.17) is 14.6 Å². The monoisotopic (exact) mass is 499 g/mol. The quantitative estimate of drug-likeness (QED) is 0.313. The van der Waals surface area contributed by atoms with Gasteiger partial charge in [-0.15, -0.1) is 11.3 Å². The third-order valence-corrected chi connectivity index (χ3v) is 8.56. The smallest absolute Gasteiger partial charge is 0.303 e. The normalized spacial score (nSPS) is 11.6. The molecule has 0 spiro atoms. The van der Waals surface area contributed by atoms with Gasteiger partial charge in [0.05, 0.1) is 18.7 Å². The van der Waals surface area contributed by atoms with Gasteiger partial charge in [-0.2, -0.15) is 8.42 Å². The van der Waals surface area contributed by atoms with Gasteiger partial charge in [-0.25, -0.2) is 3.97 Å². The third-order valence-electron chi connectivity index (χ3n) is 5.29. The number of fused-ring (bicyclic) bond motifs is 1. The summed E-state index contributed by atoms with van der Waals surface area (Å²) < 4.78 is 39.7. The number of nitrogens with zero attached hydrogens (tertiary/aromatic N) is 1. The highest BCUT2D eigenvalue weighted by Crippen LogP contribution is 2.35. The number of hydrogen-bond donors (Lipinski definition) is 1. The van der Waals surface area contributed by atoms with Crippen LogP contribution in [0.1, 0.15) is 25.8 Å². The highest BCUT2D eigenvalue weighted by molar-refractivity contribution is 7.92. The highest BCUT2D eigenvalue weighted by Gasteiger charge is 2.24. The molecule has 0 aliphatic heterocycles. The summed E-state index contributed by atoms with van der Waals surface area (Å²) in [6, 6.07) is 16.1. The summed E-state index contributed by atoms with van der Waals surface area (Å²) in [7, 11) is -3.89. The second-order valence-electron chi connectivity index (χ2n) is 7.54. The first kappa shape index (κ1) is 23.8. The molecule has 0 fully saturated rings. The van der Waals surface area contributed by atoms with Crippen molar-refractivity contribution >= 4 is 38.2 Å². The Kier molecular flexibility index (Phi) is 6.95. The lowest BCUT2D eigenvalue weighted by Crippen LogP contribution is -2.10. The largest absolute Gasteiger partial charge is 0.494 e. The fourth-order valence-electron chi connectivity index (χ4n) is 3.73. The molecule has 34 heavy (non-hydrogen) atoms. The summed E-state index contributed by atoms with van der Waals surface area (Å²) in [5.74, 6) is 0.424. The minimum Gasteiger partial charge on any atom is -0.494 e. The van der Waals surface area contributed by atoms with Gasteiger partial charge in [0.25, 0.3) is 10.0 Å². The molecule has 0 radical (unpaired) electrons. The molecule has 0 aliphatic rings. The third kappa shape index (κ3) is 4.80. The van der Waals surface area contributed by atoms with Crippen LogP contribution in [-0.2, 0) is 21.2 Å². The van der Waals surface area contributed by atoms with E-state index in [0.717, 1.165) is 16.2 Å². The van der Waals surface area contributed by atoms with Crippen molar-refractivity contribution in [2.45, 2.75) is 30.9 Å². The molecule has 4 aromatic rings. The van der Waals surface area contributed by atoms with Crippen LogP contribution in [0.4, 0.5) is 0 Å². The number of ether oxygens (including phenoxy) is 2. The van der Waals surface area contributed by atoms with Gasteiger partial charge in [-0.05, 0) is 86.0 Å². The zero-order valence-corrected chi connectivity index (χ0v) is 20.5. The number of rotatable bonds is 10. The van der Waals surface area contributed by atoms with Crippen molar-refractivity contribution in [3.63, 3.8) is 0 Å². The van der Waals surface area contributed by atoms with E-state index in [2.05, 4.69) is 0 Å². The minimum absolute atomic E-state index is 0.0983. The fourth-order valence-corrected chi connectivity index (χ4v) is 6.53. The molecule has 178 valence electrons. The maximum atomic E-state index is 13.6. The van der Waals surface area contributed by atoms with E-state index in [0.29, 0.717) is 35.4 Å². The standard InChI is InChI=1S/C25H25NO6S2/c1-3-31-19-8-5-17(6-9-19)23-12-14-25(33-23)34(29,30)26-16-18(7-13-24(27)28)21-15-20(32-4-2)10-11-22(21)26/h5-6,8-12,14-16H,3-4,7,13H2,1-2H3,(H,27,28). The molecule has 0 unspecified atom stereocenters. The number of hydrogen-bond acceptors (Lipinski definition) is 6. The number of aryl methyl sites for hydroxylation is 1. The maximum absolute atomic E-state index is 13.6. The van der Waals surface area contributed by atoms with Crippen molar-refractivity contribution < 1.29 is 27.8 Å². The zero-order chi connectivity index (χ0) is 24.3. The second-order valence-corrected chi connectivity index (χ2v) is 10.7. The molecule has 4 rings (SSSR count). The predicted molar refractivity (Wildman–Crippen MR) is 133 cm³/mol. The molecule has 7 nitrogen and oxygen atoms in total. The molecule has 0 aliphatic carbocycles. The van der Waals surface area contributed by atoms with E-state index in [1.807, 2.05) is 38.1 Å². The predicted octanol–water partition coefficient (Wildman–Crippen LogP) is 5.42. The second kappa shape index (κ2) is 9.90. The Morgan fingerprint density at radius 3 is 2.32 bits per heavy atom. The van der Waals surface area contributed by atoms with Crippen molar-refractivity contribution in [3.8, 4) is 21.9 Å². The van der Waals surface area contributed by atoms with Gasteiger partial charge in [-0.3, -0.25) is 4.79 Å². The maximum Gasteiger partial charge on any atom is 0.303 e. The molecule has 0 saturated heterocycles. The number of benzene rings is 2. The molecule has 9 heteroatoms. The van der Waals surface area contributed by atoms with Gasteiger partial charge in [-0.1, -0.05) is 0 Å². The summed E-state index contributed by atoms with van der Waals surface area (Å²) in [4.78, 5) is 12.0. The van der Waals surface area contributed by atoms with Crippen LogP contribution in [0.2, 0.25) is 0 Å². The van der Waals surface area contributed by atoms with E-state index in [1.165, 1.54) is 21.5 Å². The summed E-state index contributed by atoms with van der Waals surface area (Å²) >= 11 is 1.19. The lowest BCUT2D eigenvalue weighted by Gasteiger charge is -2.07. The minimum atomic E-state index is -3.89. The molecule has 0 bridgehead atoms. The van der Waals surface area contributed by atoms with Crippen LogP contribution >= 0.6 is 11.3 Å². The average Bonchev–Trinajstić information content (AvgIpc) is 3.45. The molecular formula is C25H25NO6S2. The summed E-state index contributed by atoms with van der Waals surface area (Å²) in [5, 5.41) is 9.80. The Labute approximate surface area is 202 Å². The van der Waals surface area contributed by atoms with E-state index >= 15 is 0 Å². The van der Waals surface area contributed by atoms with Crippen molar-refractivity contribution in [1.82, 2.24) is 3.97 Å². The highest BCUT2D eigenvalue weighted by atomic mass is 32.2. The molecule has 2 aromatic heterocycles. The van der Waals surface area contributed by atoms with Crippen LogP contribution < -0.4 is 9.47 Å². The number of thiophene rings is 1. The molecule has 0 amide bonds. The first-order chi connectivity index (χ1) is 16.3. The van der Waals surface area contributed by atoms with Crippen LogP contribution in [0.15, 0.2) is 65.0 Å². The molecule has 0 atom stereocenters. The SMILES string of the molecule is CCOc1ccc(-c2ccc(S(=O)(=O)n3cc(CCC(=O)O)c4cc(OCC)ccc43)s2)cc1. The molecule has 2 heterocycles. The van der Waals surface area contributed by atoms with Crippen molar-refractivity contribution in [2.24, 2.45) is 0 Å². The summed E-state index contributed by atoms with van der Waals surface area (Å²) in [5.41, 5.74) is 2.03. The fraction of sp³-hybridized carbons (Fsp3) is 0.240. The Bertz CT molecular complexity index is 1420. The number of carboxylic acid groups (broad SMARTS) is 1. The zero-order valence-electron chi connectivity index (χ0n) is 18.9. The van der Waals surface area contributed by atoms with E-state index in [1.54, 1.807) is 30.3 Å². The Hall–Kier alpha value is -3.30. The average molecular weight is 500 g/mol. The summed E-state index contributed by atoms with van der Waals surface area (Å²) in [6.07, 6.45) is 1.64. The van der Waals surface area contributed by atoms with Crippen LogP contribution in [0.3, 0.4) is 0 Å². The van der Waals surface area contributed by atoms with Crippen LogP contribution in [0, 0.1) is 0 Å². The number of aromatic nitrogens is 1. The lowest BCUT2D eigenvalue weighted by atomic mass is 10.1. The van der Waals surface area contributed by atoms with Gasteiger partial charge in [0.15, 0.2) is 0 Å². The summed E-state index contributed by atoms with van der Waals surface area (Å²) in [6.45, 7) is 4.83. The van der Waals surface area contributed by atoms with Gasteiger partial charge in [0, 0.05) is 22.9 Å². The van der Waals surface area contributed by atoms with Crippen LogP contribution in [-0.4, -0.2) is 36.7 Å².